The van der Waals surface area contributed by atoms with Crippen molar-refractivity contribution in [3.05, 3.63) is 35.6 Å². The molecule has 3 aliphatic rings. The van der Waals surface area contributed by atoms with Crippen molar-refractivity contribution in [2.75, 3.05) is 0 Å². The molecule has 0 aromatic heterocycles. The van der Waals surface area contributed by atoms with Crippen LogP contribution in [-0.4, -0.2) is 56.4 Å². The van der Waals surface area contributed by atoms with E-state index in [0.29, 0.717) is 30.1 Å². The summed E-state index contributed by atoms with van der Waals surface area (Å²) in [7, 11) is 0. The third-order valence-corrected chi connectivity index (χ3v) is 9.06. The molecule has 0 aromatic carbocycles. The van der Waals surface area contributed by atoms with E-state index in [-0.39, 0.29) is 5.54 Å². The molecule has 32 heavy (non-hydrogen) atoms. The molecule has 1 saturated heterocycles. The Morgan fingerprint density at radius 3 is 2.31 bits per heavy atom. The fourth-order valence-corrected chi connectivity index (χ4v) is 6.04. The highest BCUT2D eigenvalue weighted by Gasteiger charge is 2.63. The summed E-state index contributed by atoms with van der Waals surface area (Å²) in [6.45, 7) is 19.8. The van der Waals surface area contributed by atoms with Crippen molar-refractivity contribution in [1.29, 1.82) is 0 Å². The Morgan fingerprint density at radius 2 is 1.78 bits per heavy atom. The minimum atomic E-state index is -1.11. The third-order valence-electron chi connectivity index (χ3n) is 9.06. The molecule has 1 saturated carbocycles. The second-order valence-electron chi connectivity index (χ2n) is 10.5. The topological polar surface area (TPSA) is 73.2 Å². The first kappa shape index (κ1) is 25.5. The largest absolute Gasteiger partial charge is 0.390 e. The highest BCUT2D eigenvalue weighted by Crippen LogP contribution is 2.60. The predicted octanol–water partition coefficient (Wildman–Crippen LogP) is 4.39. The molecule has 0 amide bonds. The zero-order chi connectivity index (χ0) is 24.0. The standard InChI is InChI=1S/C27H45NO4/c1-9-15(4)17(6)20-14-27(19(20)8)21(18(7)16(5)10-2)12-13-28(27)26-24(31)23(30)25(32-26)22(29)11-3/h12-13,15-16,19-20,22-26,29-31H,6,9-11,14H2,1-5,7-8H3/b21-18-/t15?,16?,19?,20?,22-,23+,24-,25-,26-,27?/m1/s1. The summed E-state index contributed by atoms with van der Waals surface area (Å²) in [5, 5.41) is 32.0. The van der Waals surface area contributed by atoms with Gasteiger partial charge in [-0.05, 0) is 67.9 Å². The Bertz CT molecular complexity index is 761. The maximum Gasteiger partial charge on any atom is 0.159 e. The van der Waals surface area contributed by atoms with Crippen LogP contribution in [0.3, 0.4) is 0 Å². The minimum absolute atomic E-state index is 0.286. The maximum absolute atomic E-state index is 11.0. The van der Waals surface area contributed by atoms with Gasteiger partial charge in [0.05, 0.1) is 11.6 Å². The molecule has 3 N–H and O–H groups in total. The van der Waals surface area contributed by atoms with E-state index < -0.39 is 30.6 Å². The number of hydrogen-bond donors (Lipinski definition) is 3. The van der Waals surface area contributed by atoms with Crippen LogP contribution in [0.5, 0.6) is 0 Å². The molecule has 0 aromatic rings. The van der Waals surface area contributed by atoms with Gasteiger partial charge >= 0.3 is 0 Å². The molecule has 5 unspecified atom stereocenters. The van der Waals surface area contributed by atoms with E-state index in [1.807, 2.05) is 13.1 Å². The molecule has 2 aliphatic heterocycles. The number of aliphatic hydroxyl groups is 3. The van der Waals surface area contributed by atoms with Crippen LogP contribution in [0.4, 0.5) is 0 Å². The summed E-state index contributed by atoms with van der Waals surface area (Å²) in [5.41, 5.74) is 3.72. The molecule has 2 fully saturated rings. The lowest BCUT2D eigenvalue weighted by molar-refractivity contribution is -0.153. The number of aliphatic hydroxyl groups excluding tert-OH is 3. The number of rotatable bonds is 8. The highest BCUT2D eigenvalue weighted by molar-refractivity contribution is 5.47. The van der Waals surface area contributed by atoms with Crippen LogP contribution in [-0.2, 0) is 4.74 Å². The number of nitrogens with zero attached hydrogens (tertiary/aromatic N) is 1. The van der Waals surface area contributed by atoms with Crippen LogP contribution in [0.1, 0.15) is 74.1 Å². The summed E-state index contributed by atoms with van der Waals surface area (Å²) in [4.78, 5) is 2.15. The molecule has 1 aliphatic carbocycles. The SMILES string of the molecule is C=C(C(C)CC)C1CC2(/C(=C(/C)C(C)CC)C=CN2[C@@H]2O[C@H]([C@H](O)CC)[C@@H](O)[C@H]2O)C1C. The Balaban J connectivity index is 1.99. The maximum atomic E-state index is 11.0. The van der Waals surface area contributed by atoms with Crippen LogP contribution in [0.25, 0.3) is 0 Å². The summed E-state index contributed by atoms with van der Waals surface area (Å²) >= 11 is 0. The van der Waals surface area contributed by atoms with Crippen molar-refractivity contribution in [3.8, 4) is 0 Å². The molecule has 10 atom stereocenters. The molecule has 3 rings (SSSR count). The van der Waals surface area contributed by atoms with Gasteiger partial charge in [-0.15, -0.1) is 0 Å². The zero-order valence-corrected chi connectivity index (χ0v) is 21.1. The van der Waals surface area contributed by atoms with Gasteiger partial charge in [0.25, 0.3) is 0 Å². The summed E-state index contributed by atoms with van der Waals surface area (Å²) < 4.78 is 6.16. The lowest BCUT2D eigenvalue weighted by Crippen LogP contribution is -2.65. The average molecular weight is 448 g/mol. The van der Waals surface area contributed by atoms with Crippen LogP contribution in [0.2, 0.25) is 0 Å². The van der Waals surface area contributed by atoms with Crippen molar-refractivity contribution < 1.29 is 20.1 Å². The van der Waals surface area contributed by atoms with Crippen molar-refractivity contribution in [3.63, 3.8) is 0 Å². The molecule has 0 bridgehead atoms. The first-order chi connectivity index (χ1) is 15.1. The van der Waals surface area contributed by atoms with E-state index in [4.69, 9.17) is 4.74 Å². The van der Waals surface area contributed by atoms with E-state index in [1.165, 1.54) is 16.7 Å². The van der Waals surface area contributed by atoms with Crippen molar-refractivity contribution in [2.24, 2.45) is 23.7 Å². The molecule has 5 nitrogen and oxygen atoms in total. The van der Waals surface area contributed by atoms with Crippen molar-refractivity contribution in [1.82, 2.24) is 4.90 Å². The van der Waals surface area contributed by atoms with Gasteiger partial charge in [-0.3, -0.25) is 0 Å². The fraction of sp³-hybridized carbons (Fsp3) is 0.778. The molecular weight excluding hydrogens is 402 g/mol. The van der Waals surface area contributed by atoms with Gasteiger partial charge < -0.3 is 25.0 Å². The molecule has 2 heterocycles. The smallest absolute Gasteiger partial charge is 0.159 e. The number of hydrogen-bond acceptors (Lipinski definition) is 5. The first-order valence-electron chi connectivity index (χ1n) is 12.6. The highest BCUT2D eigenvalue weighted by atomic mass is 16.6. The van der Waals surface area contributed by atoms with Gasteiger partial charge in [0.2, 0.25) is 0 Å². The Hall–Kier alpha value is -1.14. The number of ether oxygens (including phenoxy) is 1. The summed E-state index contributed by atoms with van der Waals surface area (Å²) in [5.74, 6) is 1.65. The lowest BCUT2D eigenvalue weighted by Gasteiger charge is -2.60. The van der Waals surface area contributed by atoms with Gasteiger partial charge in [-0.2, -0.15) is 0 Å². The van der Waals surface area contributed by atoms with Gasteiger partial charge in [-0.25, -0.2) is 0 Å². The Kier molecular flexibility index (Phi) is 7.66. The van der Waals surface area contributed by atoms with Crippen molar-refractivity contribution in [2.45, 2.75) is 110 Å². The second-order valence-corrected chi connectivity index (χ2v) is 10.5. The Labute approximate surface area is 194 Å². The molecular formula is C27H45NO4. The van der Waals surface area contributed by atoms with Gasteiger partial charge in [0, 0.05) is 6.20 Å². The van der Waals surface area contributed by atoms with Crippen LogP contribution < -0.4 is 0 Å². The quantitative estimate of drug-likeness (QED) is 0.481. The first-order valence-corrected chi connectivity index (χ1v) is 12.6. The van der Waals surface area contributed by atoms with Crippen molar-refractivity contribution >= 4 is 0 Å². The normalized spacial score (nSPS) is 41.0. The Morgan fingerprint density at radius 1 is 1.16 bits per heavy atom. The summed E-state index contributed by atoms with van der Waals surface area (Å²) in [6, 6.07) is 0. The van der Waals surface area contributed by atoms with Gasteiger partial charge in [0.15, 0.2) is 6.23 Å². The van der Waals surface area contributed by atoms with Crippen LogP contribution >= 0.6 is 0 Å². The number of allylic oxidation sites excluding steroid dienone is 2. The van der Waals surface area contributed by atoms with E-state index in [1.54, 1.807) is 0 Å². The van der Waals surface area contributed by atoms with E-state index in [9.17, 15) is 15.3 Å². The molecule has 182 valence electrons. The fourth-order valence-electron chi connectivity index (χ4n) is 6.04. The van der Waals surface area contributed by atoms with E-state index in [0.717, 1.165) is 19.3 Å². The third kappa shape index (κ3) is 3.79. The molecule has 5 heteroatoms. The van der Waals surface area contributed by atoms with E-state index in [2.05, 4.69) is 59.1 Å². The minimum Gasteiger partial charge on any atom is -0.390 e. The van der Waals surface area contributed by atoms with Gasteiger partial charge in [-0.1, -0.05) is 59.3 Å². The lowest BCUT2D eigenvalue weighted by atomic mass is 9.53. The molecule has 0 radical (unpaired) electrons. The monoisotopic (exact) mass is 447 g/mol. The van der Waals surface area contributed by atoms with Crippen LogP contribution in [0, 0.1) is 23.7 Å². The molecule has 1 spiro atoms. The van der Waals surface area contributed by atoms with Crippen LogP contribution in [0.15, 0.2) is 35.6 Å². The predicted molar refractivity (Wildman–Crippen MR) is 129 cm³/mol. The van der Waals surface area contributed by atoms with E-state index >= 15 is 0 Å². The zero-order valence-electron chi connectivity index (χ0n) is 21.1. The average Bonchev–Trinajstić information content (AvgIpc) is 3.33. The van der Waals surface area contributed by atoms with Gasteiger partial charge in [0.1, 0.15) is 18.3 Å². The summed E-state index contributed by atoms with van der Waals surface area (Å²) in [6.07, 6.45) is 3.33. The second kappa shape index (κ2) is 9.61.